The summed E-state index contributed by atoms with van der Waals surface area (Å²) in [5, 5.41) is 24.3. The summed E-state index contributed by atoms with van der Waals surface area (Å²) in [7, 11) is 5.36. The number of para-hydroxylation sites is 1. The lowest BCUT2D eigenvalue weighted by molar-refractivity contribution is -0.127. The number of hydrogen-bond donors (Lipinski definition) is 3. The van der Waals surface area contributed by atoms with E-state index < -0.39 is 9.83 Å². The molecule has 0 aromatic heterocycles. The maximum absolute atomic E-state index is 13.8. The number of hydrogen-bond acceptors (Lipinski definition) is 10. The maximum atomic E-state index is 13.8. The Hall–Kier alpha value is -3.76. The minimum Gasteiger partial charge on any atom is -0.733 e. The Balaban J connectivity index is 1.53. The zero-order valence-corrected chi connectivity index (χ0v) is 28.2. The number of carbonyl (C=O) groups is 2. The van der Waals surface area contributed by atoms with Crippen LogP contribution in [0.25, 0.3) is 0 Å². The fourth-order valence-electron chi connectivity index (χ4n) is 5.01. The van der Waals surface area contributed by atoms with Crippen LogP contribution in [0.4, 0.5) is 22.7 Å². The van der Waals surface area contributed by atoms with Crippen LogP contribution in [0, 0.1) is 5.21 Å². The molecule has 0 bridgehead atoms. The molecule has 1 atom stereocenters. The number of halogens is 2. The van der Waals surface area contributed by atoms with Crippen molar-refractivity contribution in [3.05, 3.63) is 93.4 Å². The van der Waals surface area contributed by atoms with Gasteiger partial charge in [0.2, 0.25) is 0 Å². The van der Waals surface area contributed by atoms with E-state index in [0.717, 1.165) is 11.3 Å². The molecule has 14 heteroatoms. The van der Waals surface area contributed by atoms with Gasteiger partial charge in [-0.05, 0) is 49.4 Å². The fourth-order valence-corrected chi connectivity index (χ4v) is 6.51. The second-order valence-corrected chi connectivity index (χ2v) is 12.1. The number of carbonyl (C=O) groups excluding carboxylic acids is 2. The lowest BCUT2D eigenvalue weighted by Gasteiger charge is -2.38. The molecule has 1 aliphatic heterocycles. The number of rotatable bonds is 10. The molecule has 2 amide bonds. The zero-order chi connectivity index (χ0) is 32.8. The second kappa shape index (κ2) is 15.0. The van der Waals surface area contributed by atoms with Gasteiger partial charge >= 0.3 is 0 Å². The number of nitrogens with two attached hydrogens (primary N) is 1. The van der Waals surface area contributed by atoms with Gasteiger partial charge < -0.3 is 40.0 Å². The van der Waals surface area contributed by atoms with E-state index in [2.05, 4.69) is 27.9 Å². The Bertz CT molecular complexity index is 1560. The molecule has 3 aromatic rings. The van der Waals surface area contributed by atoms with Crippen molar-refractivity contribution in [3.63, 3.8) is 0 Å². The first-order valence-corrected chi connectivity index (χ1v) is 15.6. The SMILES string of the molecule is COc1ccccc1C(I)/C(C(=O)N1CCN(c2cc(NC(=O)c3ccc(N(C)C)cc3)c(N([O-])O)cc2Cl)CC1)=C(/C)ON. The van der Waals surface area contributed by atoms with Gasteiger partial charge in [0.1, 0.15) is 11.5 Å². The van der Waals surface area contributed by atoms with Gasteiger partial charge in [-0.3, -0.25) is 14.8 Å². The molecule has 4 N–H and O–H groups in total. The summed E-state index contributed by atoms with van der Waals surface area (Å²) in [6.45, 7) is 3.16. The van der Waals surface area contributed by atoms with Crippen molar-refractivity contribution in [1.82, 2.24) is 4.90 Å². The summed E-state index contributed by atoms with van der Waals surface area (Å²) in [6, 6.07) is 17.2. The van der Waals surface area contributed by atoms with E-state index >= 15 is 0 Å². The molecule has 0 saturated carbocycles. The number of allylic oxidation sites excluding steroid dienone is 1. The van der Waals surface area contributed by atoms with Crippen molar-refractivity contribution in [2.24, 2.45) is 5.90 Å². The van der Waals surface area contributed by atoms with Crippen molar-refractivity contribution < 1.29 is 24.4 Å². The summed E-state index contributed by atoms with van der Waals surface area (Å²) in [6.07, 6.45) is 0. The Morgan fingerprint density at radius 1 is 1.09 bits per heavy atom. The molecule has 1 fully saturated rings. The number of amides is 2. The van der Waals surface area contributed by atoms with Crippen LogP contribution in [0.1, 0.15) is 26.8 Å². The lowest BCUT2D eigenvalue weighted by atomic mass is 10.0. The zero-order valence-electron chi connectivity index (χ0n) is 25.3. The highest BCUT2D eigenvalue weighted by Gasteiger charge is 2.32. The first-order chi connectivity index (χ1) is 21.5. The first-order valence-electron chi connectivity index (χ1n) is 13.9. The van der Waals surface area contributed by atoms with E-state index in [9.17, 15) is 20.0 Å². The van der Waals surface area contributed by atoms with Crippen molar-refractivity contribution in [2.45, 2.75) is 10.8 Å². The lowest BCUT2D eigenvalue weighted by Crippen LogP contribution is -2.49. The van der Waals surface area contributed by atoms with Crippen molar-refractivity contribution >= 4 is 68.8 Å². The van der Waals surface area contributed by atoms with E-state index in [4.69, 9.17) is 27.1 Å². The van der Waals surface area contributed by atoms with Crippen molar-refractivity contribution in [1.29, 1.82) is 0 Å². The predicted octanol–water partition coefficient (Wildman–Crippen LogP) is 5.35. The smallest absolute Gasteiger partial charge is 0.255 e. The van der Waals surface area contributed by atoms with E-state index in [1.807, 2.05) is 48.2 Å². The molecule has 12 nitrogen and oxygen atoms in total. The Kier molecular flexibility index (Phi) is 11.4. The predicted molar refractivity (Wildman–Crippen MR) is 184 cm³/mol. The number of nitrogens with one attached hydrogen (secondary N) is 1. The van der Waals surface area contributed by atoms with Gasteiger partial charge in [-0.25, -0.2) is 0 Å². The molecule has 0 radical (unpaired) electrons. The molecule has 0 spiro atoms. The van der Waals surface area contributed by atoms with Gasteiger partial charge in [0, 0.05) is 57.1 Å². The monoisotopic (exact) mass is 749 g/mol. The van der Waals surface area contributed by atoms with Gasteiger partial charge in [0.25, 0.3) is 11.8 Å². The highest BCUT2D eigenvalue weighted by atomic mass is 127. The highest BCUT2D eigenvalue weighted by molar-refractivity contribution is 14.1. The van der Waals surface area contributed by atoms with Gasteiger partial charge in [-0.2, -0.15) is 5.90 Å². The summed E-state index contributed by atoms with van der Waals surface area (Å²) in [5.74, 6) is 5.77. The first kappa shape index (κ1) is 34.1. The topological polar surface area (TPSA) is 147 Å². The van der Waals surface area contributed by atoms with Crippen molar-refractivity contribution in [3.8, 4) is 5.75 Å². The summed E-state index contributed by atoms with van der Waals surface area (Å²) in [5.41, 5.74) is 2.90. The molecule has 1 unspecified atom stereocenters. The normalized spacial score (nSPS) is 14.3. The third-order valence-corrected chi connectivity index (χ3v) is 9.12. The molecule has 240 valence electrons. The van der Waals surface area contributed by atoms with Crippen LogP contribution in [0.5, 0.6) is 5.75 Å². The van der Waals surface area contributed by atoms with Gasteiger partial charge in [-0.1, -0.05) is 52.4 Å². The number of ether oxygens (including phenoxy) is 1. The average molecular weight is 750 g/mol. The molecule has 45 heavy (non-hydrogen) atoms. The van der Waals surface area contributed by atoms with Gasteiger partial charge in [-0.15, -0.1) is 0 Å². The minimum absolute atomic E-state index is 0.0811. The van der Waals surface area contributed by atoms with Crippen LogP contribution >= 0.6 is 34.2 Å². The Morgan fingerprint density at radius 2 is 1.73 bits per heavy atom. The van der Waals surface area contributed by atoms with Crippen LogP contribution in [0.3, 0.4) is 0 Å². The molecule has 0 aliphatic carbocycles. The summed E-state index contributed by atoms with van der Waals surface area (Å²) in [4.78, 5) is 37.5. The maximum Gasteiger partial charge on any atom is 0.255 e. The Morgan fingerprint density at radius 3 is 2.31 bits per heavy atom. The van der Waals surface area contributed by atoms with Crippen LogP contribution in [0.2, 0.25) is 5.02 Å². The van der Waals surface area contributed by atoms with E-state index in [1.165, 1.54) is 6.07 Å². The standard InChI is InChI=1S/C31H35ClIN6O6/c1-19(45-34)28(29(33)22-7-5-6-8-27(22)44-4)31(41)38-15-13-37(14-16-38)25-18-24(26(39(42)43)17-23(25)32)35-30(40)20-9-11-21(12-10-20)36(2)3/h5-12,17-18,29,42H,13-16,34H2,1-4H3,(H,35,40)/q-1/b28-19+. The largest absolute Gasteiger partial charge is 0.733 e. The third-order valence-electron chi connectivity index (χ3n) is 7.52. The number of anilines is 4. The number of piperazine rings is 1. The van der Waals surface area contributed by atoms with Crippen LogP contribution < -0.4 is 31.0 Å². The summed E-state index contributed by atoms with van der Waals surface area (Å²) < 4.78 is 5.12. The Labute approximate surface area is 280 Å². The van der Waals surface area contributed by atoms with Crippen LogP contribution in [0.15, 0.2) is 72.0 Å². The van der Waals surface area contributed by atoms with Gasteiger partial charge in [0.15, 0.2) is 0 Å². The molecule has 1 saturated heterocycles. The fraction of sp³-hybridized carbons (Fsp3) is 0.290. The average Bonchev–Trinajstić information content (AvgIpc) is 3.05. The minimum atomic E-state index is -0.465. The quantitative estimate of drug-likeness (QED) is 0.0816. The number of benzene rings is 3. The van der Waals surface area contributed by atoms with Crippen molar-refractivity contribution in [2.75, 3.05) is 67.7 Å². The van der Waals surface area contributed by atoms with Gasteiger partial charge in [0.05, 0.1) is 38.7 Å². The number of alkyl halides is 1. The molecule has 3 aromatic carbocycles. The molecular formula is C31H35ClIN6O6-. The van der Waals surface area contributed by atoms with E-state index in [1.54, 1.807) is 49.3 Å². The summed E-state index contributed by atoms with van der Waals surface area (Å²) >= 11 is 8.74. The molecule has 1 aliphatic rings. The third kappa shape index (κ3) is 7.73. The second-order valence-electron chi connectivity index (χ2n) is 10.5. The molecule has 4 rings (SSSR count). The molecular weight excluding hydrogens is 715 g/mol. The van der Waals surface area contributed by atoms with Crippen LogP contribution in [-0.4, -0.2) is 69.3 Å². The molecule has 1 heterocycles. The van der Waals surface area contributed by atoms with E-state index in [-0.39, 0.29) is 27.5 Å². The van der Waals surface area contributed by atoms with E-state index in [0.29, 0.717) is 54.5 Å². The number of nitrogens with zero attached hydrogens (tertiary/aromatic N) is 4. The van der Waals surface area contributed by atoms with Crippen LogP contribution in [-0.2, 0) is 9.63 Å². The highest BCUT2D eigenvalue weighted by Crippen LogP contribution is 2.40. The number of methoxy groups -OCH3 is 1.